The predicted octanol–water partition coefficient (Wildman–Crippen LogP) is 2.18. The molecule has 0 radical (unpaired) electrons. The molecule has 0 aromatic carbocycles. The first-order valence-corrected chi connectivity index (χ1v) is 7.57. The summed E-state index contributed by atoms with van der Waals surface area (Å²) in [6.07, 6.45) is 0.684. The maximum absolute atomic E-state index is 10.7. The number of halogens is 1. The van der Waals surface area contributed by atoms with Crippen LogP contribution in [-0.4, -0.2) is 25.9 Å². The van der Waals surface area contributed by atoms with E-state index in [1.807, 2.05) is 13.8 Å². The Bertz CT molecular complexity index is 311. The van der Waals surface area contributed by atoms with Crippen molar-refractivity contribution in [3.05, 3.63) is 0 Å². The fourth-order valence-corrected chi connectivity index (χ4v) is 2.31. The lowest BCUT2D eigenvalue weighted by Crippen LogP contribution is -2.21. The second kappa shape index (κ2) is 6.08. The normalized spacial score (nSPS) is 12.8. The van der Waals surface area contributed by atoms with Gasteiger partial charge in [0.1, 0.15) is 0 Å². The van der Waals surface area contributed by atoms with Crippen LogP contribution in [0.15, 0.2) is 0 Å². The van der Waals surface area contributed by atoms with Crippen molar-refractivity contribution in [1.29, 1.82) is 0 Å². The zero-order valence-corrected chi connectivity index (χ0v) is 11.3. The van der Waals surface area contributed by atoms with E-state index in [4.69, 9.17) is 10.7 Å². The van der Waals surface area contributed by atoms with Gasteiger partial charge in [-0.2, -0.15) is 8.42 Å². The van der Waals surface area contributed by atoms with Crippen molar-refractivity contribution in [2.45, 2.75) is 27.2 Å². The van der Waals surface area contributed by atoms with Crippen LogP contribution in [0.2, 0.25) is 0 Å². The number of rotatable bonds is 6. The highest BCUT2D eigenvalue weighted by atomic mass is 35.7. The molecule has 0 aromatic rings. The van der Waals surface area contributed by atoms with Crippen molar-refractivity contribution in [3.8, 4) is 0 Å². The van der Waals surface area contributed by atoms with Crippen LogP contribution in [0.5, 0.6) is 0 Å². The van der Waals surface area contributed by atoms with E-state index in [9.17, 15) is 13.2 Å². The van der Waals surface area contributed by atoms with Gasteiger partial charge in [0.25, 0.3) is 0 Å². The molecule has 7 heteroatoms. The van der Waals surface area contributed by atoms with Gasteiger partial charge in [0.2, 0.25) is 0 Å². The summed E-state index contributed by atoms with van der Waals surface area (Å²) in [6.45, 7) is 5.24. The van der Waals surface area contributed by atoms with E-state index in [2.05, 4.69) is 4.18 Å². The molecule has 0 aromatic heterocycles. The monoisotopic (exact) mass is 274 g/mol. The van der Waals surface area contributed by atoms with Gasteiger partial charge < -0.3 is 0 Å². The molecule has 0 N–H and O–H groups in total. The van der Waals surface area contributed by atoms with Gasteiger partial charge in [-0.05, 0) is 11.8 Å². The molecule has 0 atom stereocenters. The van der Waals surface area contributed by atoms with E-state index < -0.39 is 9.33 Å². The van der Waals surface area contributed by atoms with Gasteiger partial charge in [-0.15, -0.1) is 0 Å². The summed E-state index contributed by atoms with van der Waals surface area (Å²) < 4.78 is 25.6. The molecule has 0 amide bonds. The molecular formula is C8H15ClO4S2. The molecular weight excluding hydrogens is 260 g/mol. The minimum absolute atomic E-state index is 0.0251. The summed E-state index contributed by atoms with van der Waals surface area (Å²) in [6, 6.07) is 0. The highest BCUT2D eigenvalue weighted by Gasteiger charge is 2.21. The predicted molar refractivity (Wildman–Crippen MR) is 62.3 cm³/mol. The minimum atomic E-state index is -3.90. The molecule has 0 spiro atoms. The van der Waals surface area contributed by atoms with Gasteiger partial charge in [0.15, 0.2) is 5.12 Å². The Labute approximate surface area is 99.3 Å². The summed E-state index contributed by atoms with van der Waals surface area (Å²) in [5.41, 5.74) is -0.315. The topological polar surface area (TPSA) is 60.4 Å². The van der Waals surface area contributed by atoms with Crippen molar-refractivity contribution in [3.63, 3.8) is 0 Å². The van der Waals surface area contributed by atoms with Crippen molar-refractivity contribution < 1.29 is 17.4 Å². The van der Waals surface area contributed by atoms with E-state index >= 15 is 0 Å². The SMILES string of the molecule is CC(=O)SCCC(C)(C)COS(=O)(=O)Cl. The average molecular weight is 275 g/mol. The molecule has 0 aliphatic carbocycles. The van der Waals surface area contributed by atoms with Crippen LogP contribution in [0, 0.1) is 5.41 Å². The standard InChI is InChI=1S/C8H15ClO4S2/c1-7(10)14-5-4-8(2,3)6-13-15(9,11)12/h4-6H2,1-3H3. The molecule has 4 nitrogen and oxygen atoms in total. The minimum Gasteiger partial charge on any atom is -0.288 e. The lowest BCUT2D eigenvalue weighted by atomic mass is 9.92. The Morgan fingerprint density at radius 1 is 1.47 bits per heavy atom. The van der Waals surface area contributed by atoms with Crippen molar-refractivity contribution in [2.75, 3.05) is 12.4 Å². The van der Waals surface area contributed by atoms with Crippen molar-refractivity contribution in [2.24, 2.45) is 5.41 Å². The van der Waals surface area contributed by atoms with Crippen LogP contribution in [0.3, 0.4) is 0 Å². The summed E-state index contributed by atoms with van der Waals surface area (Å²) in [4.78, 5) is 10.7. The highest BCUT2D eigenvalue weighted by Crippen LogP contribution is 2.24. The number of carbonyl (C=O) groups is 1. The summed E-state index contributed by atoms with van der Waals surface area (Å²) in [5, 5.41) is 0.0525. The molecule has 0 fully saturated rings. The van der Waals surface area contributed by atoms with Gasteiger partial charge in [0.05, 0.1) is 6.61 Å². The van der Waals surface area contributed by atoms with Crippen LogP contribution in [0.4, 0.5) is 0 Å². The average Bonchev–Trinajstić information content (AvgIpc) is 1.99. The highest BCUT2D eigenvalue weighted by molar-refractivity contribution is 8.13. The third-order valence-corrected chi connectivity index (χ3v) is 3.16. The molecule has 0 aliphatic rings. The summed E-state index contributed by atoms with van der Waals surface area (Å²) >= 11 is 1.21. The largest absolute Gasteiger partial charge is 0.355 e. The fourth-order valence-electron chi connectivity index (χ4n) is 0.773. The van der Waals surface area contributed by atoms with Gasteiger partial charge in [0, 0.05) is 23.4 Å². The zero-order chi connectivity index (χ0) is 12.1. The molecule has 0 heterocycles. The van der Waals surface area contributed by atoms with Crippen LogP contribution in [0.25, 0.3) is 0 Å². The molecule has 0 saturated heterocycles. The Balaban J connectivity index is 3.92. The Morgan fingerprint density at radius 2 is 2.00 bits per heavy atom. The Morgan fingerprint density at radius 3 is 2.40 bits per heavy atom. The molecule has 15 heavy (non-hydrogen) atoms. The van der Waals surface area contributed by atoms with Gasteiger partial charge in [-0.3, -0.25) is 8.98 Å². The summed E-state index contributed by atoms with van der Waals surface area (Å²) in [5.74, 6) is 0.647. The lowest BCUT2D eigenvalue weighted by molar-refractivity contribution is -0.109. The Kier molecular flexibility index (Phi) is 6.17. The van der Waals surface area contributed by atoms with E-state index in [0.29, 0.717) is 12.2 Å². The van der Waals surface area contributed by atoms with Gasteiger partial charge >= 0.3 is 9.33 Å². The first kappa shape index (κ1) is 15.2. The van der Waals surface area contributed by atoms with Crippen LogP contribution in [-0.2, 0) is 18.3 Å². The van der Waals surface area contributed by atoms with E-state index in [-0.39, 0.29) is 17.1 Å². The summed E-state index contributed by atoms with van der Waals surface area (Å²) in [7, 11) is 1.01. The van der Waals surface area contributed by atoms with Crippen molar-refractivity contribution >= 4 is 36.9 Å². The quantitative estimate of drug-likeness (QED) is 0.695. The zero-order valence-electron chi connectivity index (χ0n) is 8.95. The number of thioether (sulfide) groups is 1. The first-order chi connectivity index (χ1) is 6.62. The molecule has 90 valence electrons. The maximum atomic E-state index is 10.7. The molecule has 0 unspecified atom stereocenters. The van der Waals surface area contributed by atoms with Crippen molar-refractivity contribution in [1.82, 2.24) is 0 Å². The Hall–Kier alpha value is 0.220. The number of hydrogen-bond acceptors (Lipinski definition) is 5. The van der Waals surface area contributed by atoms with Crippen LogP contribution in [0.1, 0.15) is 27.2 Å². The first-order valence-electron chi connectivity index (χ1n) is 4.35. The second-order valence-corrected chi connectivity index (χ2v) is 7.34. The second-order valence-electron chi connectivity index (χ2n) is 3.91. The molecule has 0 aliphatic heterocycles. The lowest BCUT2D eigenvalue weighted by Gasteiger charge is -2.22. The molecule has 0 rings (SSSR count). The third kappa shape index (κ3) is 10.5. The third-order valence-electron chi connectivity index (χ3n) is 1.67. The van der Waals surface area contributed by atoms with E-state index in [1.54, 1.807) is 0 Å². The number of hydrogen-bond donors (Lipinski definition) is 0. The molecule has 0 saturated carbocycles. The van der Waals surface area contributed by atoms with E-state index in [1.165, 1.54) is 18.7 Å². The smallest absolute Gasteiger partial charge is 0.288 e. The maximum Gasteiger partial charge on any atom is 0.355 e. The molecule has 0 bridgehead atoms. The van der Waals surface area contributed by atoms with Gasteiger partial charge in [-0.25, -0.2) is 0 Å². The van der Waals surface area contributed by atoms with Crippen LogP contribution < -0.4 is 0 Å². The van der Waals surface area contributed by atoms with Gasteiger partial charge in [-0.1, -0.05) is 25.6 Å². The number of carbonyl (C=O) groups excluding carboxylic acids is 1. The van der Waals surface area contributed by atoms with E-state index in [0.717, 1.165) is 0 Å². The fraction of sp³-hybridized carbons (Fsp3) is 0.875. The van der Waals surface area contributed by atoms with Crippen LogP contribution >= 0.6 is 22.4 Å².